The Labute approximate surface area is 113 Å². The summed E-state index contributed by atoms with van der Waals surface area (Å²) in [6.07, 6.45) is 6.34. The molecule has 1 saturated carbocycles. The van der Waals surface area contributed by atoms with Crippen molar-refractivity contribution in [1.29, 1.82) is 0 Å². The fraction of sp³-hybridized carbons (Fsp3) is 0.571. The number of carbonyl (C=O) groups is 1. The number of nitrogens with zero attached hydrogens (tertiary/aromatic N) is 2. The average Bonchev–Trinajstić information content (AvgIpc) is 2.37. The second kappa shape index (κ2) is 5.70. The minimum Gasteiger partial charge on any atom is -0.337 e. The van der Waals surface area contributed by atoms with Gasteiger partial charge in [0.1, 0.15) is 5.69 Å². The van der Waals surface area contributed by atoms with E-state index in [2.05, 4.69) is 11.9 Å². The Morgan fingerprint density at radius 2 is 2.17 bits per heavy atom. The maximum Gasteiger partial charge on any atom is 0.272 e. The number of carbonyl (C=O) groups excluding carboxylic acids is 1. The molecule has 0 N–H and O–H groups in total. The van der Waals surface area contributed by atoms with E-state index in [0.29, 0.717) is 22.7 Å². The lowest BCUT2D eigenvalue weighted by Gasteiger charge is -2.36. The molecule has 1 heterocycles. The first kappa shape index (κ1) is 13.3. The van der Waals surface area contributed by atoms with E-state index in [0.717, 1.165) is 6.42 Å². The lowest BCUT2D eigenvalue weighted by atomic mass is 9.85. The number of hydrogen-bond donors (Lipinski definition) is 0. The second-order valence-electron chi connectivity index (χ2n) is 5.10. The maximum absolute atomic E-state index is 12.3. The molecule has 1 aromatic rings. The highest BCUT2D eigenvalue weighted by molar-refractivity contribution is 6.30. The molecule has 0 aliphatic heterocycles. The summed E-state index contributed by atoms with van der Waals surface area (Å²) in [5.41, 5.74) is 0.433. The number of hydrogen-bond acceptors (Lipinski definition) is 2. The summed E-state index contributed by atoms with van der Waals surface area (Å²) in [5, 5.41) is 0.554. The Kier molecular flexibility index (Phi) is 4.23. The van der Waals surface area contributed by atoms with E-state index in [1.807, 2.05) is 11.9 Å². The van der Waals surface area contributed by atoms with Crippen LogP contribution in [0.15, 0.2) is 18.3 Å². The number of pyridine rings is 1. The molecule has 4 heteroatoms. The van der Waals surface area contributed by atoms with Crippen molar-refractivity contribution < 1.29 is 4.79 Å². The Hall–Kier alpha value is -1.09. The lowest BCUT2D eigenvalue weighted by molar-refractivity contribution is 0.0623. The quantitative estimate of drug-likeness (QED) is 0.822. The molecule has 0 unspecified atom stereocenters. The topological polar surface area (TPSA) is 33.2 Å². The number of halogens is 1. The summed E-state index contributed by atoms with van der Waals surface area (Å²) < 4.78 is 0. The molecule has 3 nitrogen and oxygen atoms in total. The van der Waals surface area contributed by atoms with Gasteiger partial charge < -0.3 is 4.90 Å². The molecule has 0 saturated heterocycles. The van der Waals surface area contributed by atoms with Gasteiger partial charge >= 0.3 is 0 Å². The van der Waals surface area contributed by atoms with Crippen LogP contribution in [0.5, 0.6) is 0 Å². The van der Waals surface area contributed by atoms with E-state index in [9.17, 15) is 4.79 Å². The van der Waals surface area contributed by atoms with Gasteiger partial charge in [-0.3, -0.25) is 9.78 Å². The van der Waals surface area contributed by atoms with E-state index < -0.39 is 0 Å². The molecule has 18 heavy (non-hydrogen) atoms. The zero-order valence-corrected chi connectivity index (χ0v) is 11.7. The largest absolute Gasteiger partial charge is 0.337 e. The molecule has 0 aromatic carbocycles. The summed E-state index contributed by atoms with van der Waals surface area (Å²) >= 11 is 5.90. The summed E-state index contributed by atoms with van der Waals surface area (Å²) in [7, 11) is 1.87. The average molecular weight is 267 g/mol. The fourth-order valence-corrected chi connectivity index (χ4v) is 2.88. The van der Waals surface area contributed by atoms with Crippen molar-refractivity contribution in [2.45, 2.75) is 38.6 Å². The van der Waals surface area contributed by atoms with E-state index in [1.165, 1.54) is 19.3 Å². The zero-order chi connectivity index (χ0) is 13.1. The first-order valence-corrected chi connectivity index (χ1v) is 6.86. The maximum atomic E-state index is 12.3. The Bertz CT molecular complexity index is 436. The Morgan fingerprint density at radius 3 is 2.83 bits per heavy atom. The standard InChI is InChI=1S/C14H19ClN2O/c1-10-5-3-4-6-13(10)17(2)14(18)12-9-11(15)7-8-16-12/h7-10,13H,3-6H2,1-2H3/t10-,13-/m0/s1. The van der Waals surface area contributed by atoms with E-state index in [4.69, 9.17) is 11.6 Å². The monoisotopic (exact) mass is 266 g/mol. The van der Waals surface area contributed by atoms with E-state index in [1.54, 1.807) is 18.3 Å². The van der Waals surface area contributed by atoms with Gasteiger partial charge in [0.15, 0.2) is 0 Å². The highest BCUT2D eigenvalue weighted by atomic mass is 35.5. The van der Waals surface area contributed by atoms with Crippen LogP contribution in [0.1, 0.15) is 43.1 Å². The van der Waals surface area contributed by atoms with Gasteiger partial charge in [-0.2, -0.15) is 0 Å². The molecule has 0 radical (unpaired) electrons. The molecular weight excluding hydrogens is 248 g/mol. The van der Waals surface area contributed by atoms with Crippen molar-refractivity contribution in [3.05, 3.63) is 29.0 Å². The van der Waals surface area contributed by atoms with Crippen LogP contribution in [-0.4, -0.2) is 28.9 Å². The van der Waals surface area contributed by atoms with Gasteiger partial charge in [0.25, 0.3) is 5.91 Å². The van der Waals surface area contributed by atoms with Crippen LogP contribution < -0.4 is 0 Å². The van der Waals surface area contributed by atoms with E-state index in [-0.39, 0.29) is 5.91 Å². The highest BCUT2D eigenvalue weighted by Gasteiger charge is 2.28. The number of rotatable bonds is 2. The minimum absolute atomic E-state index is 0.0312. The van der Waals surface area contributed by atoms with Crippen molar-refractivity contribution in [2.75, 3.05) is 7.05 Å². The van der Waals surface area contributed by atoms with Crippen LogP contribution in [0, 0.1) is 5.92 Å². The van der Waals surface area contributed by atoms with Crippen molar-refractivity contribution >= 4 is 17.5 Å². The summed E-state index contributed by atoms with van der Waals surface area (Å²) in [6.45, 7) is 2.22. The first-order chi connectivity index (χ1) is 8.59. The molecule has 2 atom stereocenters. The molecule has 1 amide bonds. The third-order valence-electron chi connectivity index (χ3n) is 3.83. The smallest absolute Gasteiger partial charge is 0.272 e. The van der Waals surface area contributed by atoms with E-state index >= 15 is 0 Å². The van der Waals surface area contributed by atoms with Gasteiger partial charge in [0.05, 0.1) is 0 Å². The fourth-order valence-electron chi connectivity index (χ4n) is 2.73. The first-order valence-electron chi connectivity index (χ1n) is 6.48. The van der Waals surface area contributed by atoms with Crippen molar-refractivity contribution in [2.24, 2.45) is 5.92 Å². The number of aromatic nitrogens is 1. The Morgan fingerprint density at radius 1 is 1.44 bits per heavy atom. The SMILES string of the molecule is C[C@H]1CCCC[C@@H]1N(C)C(=O)c1cc(Cl)ccn1. The third-order valence-corrected chi connectivity index (χ3v) is 4.06. The lowest BCUT2D eigenvalue weighted by Crippen LogP contribution is -2.42. The molecule has 1 fully saturated rings. The van der Waals surface area contributed by atoms with Crippen LogP contribution in [-0.2, 0) is 0 Å². The predicted octanol–water partition coefficient (Wildman–Crippen LogP) is 3.39. The van der Waals surface area contributed by atoms with Crippen LogP contribution >= 0.6 is 11.6 Å². The van der Waals surface area contributed by atoms with Gasteiger partial charge in [-0.05, 0) is 30.9 Å². The molecule has 1 aliphatic rings. The van der Waals surface area contributed by atoms with Gasteiger partial charge in [-0.15, -0.1) is 0 Å². The summed E-state index contributed by atoms with van der Waals surface area (Å²) in [6, 6.07) is 3.64. The van der Waals surface area contributed by atoms with Crippen LogP contribution in [0.2, 0.25) is 5.02 Å². The Balaban J connectivity index is 2.13. The predicted molar refractivity (Wildman–Crippen MR) is 72.8 cm³/mol. The molecule has 2 rings (SSSR count). The third kappa shape index (κ3) is 2.83. The van der Waals surface area contributed by atoms with Crippen LogP contribution in [0.4, 0.5) is 0 Å². The van der Waals surface area contributed by atoms with Gasteiger partial charge in [-0.25, -0.2) is 0 Å². The van der Waals surface area contributed by atoms with Gasteiger partial charge in [-0.1, -0.05) is 31.4 Å². The minimum atomic E-state index is -0.0312. The normalized spacial score (nSPS) is 23.7. The highest BCUT2D eigenvalue weighted by Crippen LogP contribution is 2.28. The van der Waals surface area contributed by atoms with Gasteiger partial charge in [0.2, 0.25) is 0 Å². The number of amides is 1. The summed E-state index contributed by atoms with van der Waals surface area (Å²) in [5.74, 6) is 0.531. The van der Waals surface area contributed by atoms with Crippen molar-refractivity contribution in [1.82, 2.24) is 9.88 Å². The van der Waals surface area contributed by atoms with Crippen molar-refractivity contribution in [3.63, 3.8) is 0 Å². The molecular formula is C14H19ClN2O. The molecule has 98 valence electrons. The van der Waals surface area contributed by atoms with Crippen LogP contribution in [0.3, 0.4) is 0 Å². The summed E-state index contributed by atoms with van der Waals surface area (Å²) in [4.78, 5) is 18.3. The van der Waals surface area contributed by atoms with Crippen molar-refractivity contribution in [3.8, 4) is 0 Å². The molecule has 0 bridgehead atoms. The molecule has 0 spiro atoms. The molecule has 1 aliphatic carbocycles. The zero-order valence-electron chi connectivity index (χ0n) is 10.9. The molecule has 1 aromatic heterocycles. The van der Waals surface area contributed by atoms with Crippen LogP contribution in [0.25, 0.3) is 0 Å². The second-order valence-corrected chi connectivity index (χ2v) is 5.54. The van der Waals surface area contributed by atoms with Gasteiger partial charge in [0, 0.05) is 24.3 Å².